The van der Waals surface area contributed by atoms with E-state index in [4.69, 9.17) is 14.2 Å². The Balaban J connectivity index is 1.58. The van der Waals surface area contributed by atoms with E-state index in [0.717, 1.165) is 25.7 Å². The number of carbonyl (C=O) groups is 3. The van der Waals surface area contributed by atoms with Crippen molar-refractivity contribution >= 4 is 17.9 Å². The molecule has 12 atom stereocenters. The highest BCUT2D eigenvalue weighted by Crippen LogP contribution is 2.76. The molecule has 302 valence electrons. The van der Waals surface area contributed by atoms with Crippen molar-refractivity contribution in [1.29, 1.82) is 0 Å². The third kappa shape index (κ3) is 6.27. The number of esters is 3. The molecule has 3 N–H and O–H groups in total. The second-order valence-corrected chi connectivity index (χ2v) is 19.3. The van der Waals surface area contributed by atoms with Crippen LogP contribution >= 0.6 is 0 Å². The number of carbonyl (C=O) groups excluding carboxylic acids is 3. The maximum absolute atomic E-state index is 13.2. The molecule has 0 saturated heterocycles. The van der Waals surface area contributed by atoms with E-state index in [0.29, 0.717) is 36.0 Å². The minimum Gasteiger partial charge on any atom is -0.462 e. The molecule has 5 rings (SSSR count). The lowest BCUT2D eigenvalue weighted by Gasteiger charge is -2.72. The van der Waals surface area contributed by atoms with Gasteiger partial charge in [-0.05, 0) is 120 Å². The first kappa shape index (κ1) is 42.4. The Morgan fingerprint density at radius 2 is 1.30 bits per heavy atom. The number of hydrogen-bond acceptors (Lipinski definition) is 9. The predicted molar refractivity (Wildman–Crippen MR) is 208 cm³/mol. The monoisotopic (exact) mass is 752 g/mol. The van der Waals surface area contributed by atoms with Crippen LogP contribution in [0, 0.1) is 50.2 Å². The Kier molecular flexibility index (Phi) is 11.5. The van der Waals surface area contributed by atoms with Crippen molar-refractivity contribution in [2.24, 2.45) is 50.2 Å². The van der Waals surface area contributed by atoms with Crippen LogP contribution in [-0.4, -0.2) is 70.9 Å². The van der Waals surface area contributed by atoms with Gasteiger partial charge in [0, 0.05) is 27.5 Å². The average molecular weight is 753 g/mol. The van der Waals surface area contributed by atoms with Gasteiger partial charge in [-0.3, -0.25) is 0 Å². The molecule has 3 unspecified atom stereocenters. The van der Waals surface area contributed by atoms with E-state index >= 15 is 0 Å². The van der Waals surface area contributed by atoms with Gasteiger partial charge >= 0.3 is 17.9 Å². The minimum absolute atomic E-state index is 0.109. The van der Waals surface area contributed by atoms with Crippen LogP contribution < -0.4 is 0 Å². The Hall–Kier alpha value is -2.75. The summed E-state index contributed by atoms with van der Waals surface area (Å²) in [4.78, 5) is 39.2. The van der Waals surface area contributed by atoms with Crippen LogP contribution in [0.5, 0.6) is 0 Å². The third-order valence-corrected chi connectivity index (χ3v) is 16.3. The maximum atomic E-state index is 13.2. The molecule has 54 heavy (non-hydrogen) atoms. The Bertz CT molecular complexity index is 1640. The molecule has 0 amide bonds. The lowest BCUT2D eigenvalue weighted by Crippen LogP contribution is -2.72. The molecule has 0 aromatic rings. The molecule has 0 aromatic heterocycles. The number of ether oxygens (including phenoxy) is 3. The van der Waals surface area contributed by atoms with Crippen LogP contribution in [0.3, 0.4) is 0 Å². The standard InChI is InChI=1S/C45H68O9/c1-13-26(4)37(49)52-24-42(10)31-18-21-43(11)32(41(31,9)20-19-33(42)46)17-16-29-30-22-40(7,8)36(54-39(51)28(6)15-3)35(48)45(30,34(47)23-44(29,43)12)25-53-38(50)27(5)14-2/h13-16,30-36,46-48H,17-25H2,1-12H3/b26-13-,27-14-,28-15-/t30?,31?,32?,33-,34+,35-,36-,41-,42+,43+,44+,45-/m0/s1. The van der Waals surface area contributed by atoms with Crippen molar-refractivity contribution in [3.05, 3.63) is 46.6 Å². The second kappa shape index (κ2) is 14.6. The number of aliphatic hydroxyl groups excluding tert-OH is 3. The van der Waals surface area contributed by atoms with Crippen LogP contribution in [-0.2, 0) is 28.6 Å². The summed E-state index contributed by atoms with van der Waals surface area (Å²) >= 11 is 0. The fourth-order valence-corrected chi connectivity index (χ4v) is 12.3. The largest absolute Gasteiger partial charge is 0.462 e. The Morgan fingerprint density at radius 1 is 0.741 bits per heavy atom. The lowest BCUT2D eigenvalue weighted by atomic mass is 9.33. The van der Waals surface area contributed by atoms with Gasteiger partial charge in [-0.15, -0.1) is 0 Å². The fourth-order valence-electron chi connectivity index (χ4n) is 12.3. The zero-order chi connectivity index (χ0) is 40.4. The van der Waals surface area contributed by atoms with E-state index < -0.39 is 58.0 Å². The summed E-state index contributed by atoms with van der Waals surface area (Å²) in [5.74, 6) is -1.41. The summed E-state index contributed by atoms with van der Waals surface area (Å²) in [7, 11) is 0. The number of fused-ring (bicyclic) bond motifs is 7. The molecule has 4 saturated carbocycles. The Morgan fingerprint density at radius 3 is 1.87 bits per heavy atom. The van der Waals surface area contributed by atoms with Crippen molar-refractivity contribution in [3.8, 4) is 0 Å². The van der Waals surface area contributed by atoms with Crippen molar-refractivity contribution in [2.75, 3.05) is 13.2 Å². The molecule has 5 aliphatic rings. The van der Waals surface area contributed by atoms with Gasteiger partial charge in [0.1, 0.15) is 18.8 Å². The molecule has 0 aliphatic heterocycles. The Labute approximate surface area is 323 Å². The number of rotatable bonds is 8. The van der Waals surface area contributed by atoms with Gasteiger partial charge in [0.15, 0.2) is 0 Å². The SMILES string of the molecule is C/C=C(/C)C(=O)OC[C@@]12C(CC(C)(C)[C@@H](OC(=O)/C(C)=C\C)[C@@H]1O)C1=CCC3[C@@]4(C)CC[C@H](O)[C@](C)(COC(=O)/C(C)=C\C)C4CC[C@@]3(C)[C@]1(C)C[C@H]2O. The van der Waals surface area contributed by atoms with Gasteiger partial charge in [-0.2, -0.15) is 0 Å². The van der Waals surface area contributed by atoms with Crippen LogP contribution in [0.4, 0.5) is 0 Å². The van der Waals surface area contributed by atoms with E-state index in [2.05, 4.69) is 33.8 Å². The van der Waals surface area contributed by atoms with Gasteiger partial charge in [0.25, 0.3) is 0 Å². The molecule has 0 spiro atoms. The second-order valence-electron chi connectivity index (χ2n) is 19.3. The summed E-state index contributed by atoms with van der Waals surface area (Å²) in [6.07, 6.45) is 8.32. The molecule has 9 nitrogen and oxygen atoms in total. The summed E-state index contributed by atoms with van der Waals surface area (Å²) in [5.41, 5.74) is -0.912. The van der Waals surface area contributed by atoms with Crippen molar-refractivity contribution in [2.45, 2.75) is 152 Å². The quantitative estimate of drug-likeness (QED) is 0.0991. The highest BCUT2D eigenvalue weighted by atomic mass is 16.6. The van der Waals surface area contributed by atoms with Gasteiger partial charge in [0.05, 0.1) is 24.2 Å². The summed E-state index contributed by atoms with van der Waals surface area (Å²) < 4.78 is 18.0. The highest BCUT2D eigenvalue weighted by molar-refractivity contribution is 5.88. The molecular formula is C45H68O9. The molecule has 4 fully saturated rings. The molecule has 0 bridgehead atoms. The van der Waals surface area contributed by atoms with Crippen molar-refractivity contribution in [1.82, 2.24) is 0 Å². The average Bonchev–Trinajstić information content (AvgIpc) is 3.12. The van der Waals surface area contributed by atoms with E-state index in [1.165, 1.54) is 5.57 Å². The molecular weight excluding hydrogens is 684 g/mol. The van der Waals surface area contributed by atoms with Gasteiger partial charge < -0.3 is 29.5 Å². The summed E-state index contributed by atoms with van der Waals surface area (Å²) in [6.45, 7) is 23.5. The normalized spacial score (nSPS) is 43.4. The van der Waals surface area contributed by atoms with Crippen LogP contribution in [0.15, 0.2) is 46.6 Å². The molecule has 0 radical (unpaired) electrons. The molecule has 0 heterocycles. The smallest absolute Gasteiger partial charge is 0.333 e. The first-order valence-corrected chi connectivity index (χ1v) is 20.2. The predicted octanol–water partition coefficient (Wildman–Crippen LogP) is 7.58. The van der Waals surface area contributed by atoms with E-state index in [1.807, 2.05) is 20.8 Å². The highest BCUT2D eigenvalue weighted by Gasteiger charge is 2.73. The topological polar surface area (TPSA) is 140 Å². The molecule has 9 heteroatoms. The van der Waals surface area contributed by atoms with Gasteiger partial charge in [0.2, 0.25) is 0 Å². The van der Waals surface area contributed by atoms with Crippen LogP contribution in [0.25, 0.3) is 0 Å². The maximum Gasteiger partial charge on any atom is 0.333 e. The number of allylic oxidation sites excluding steroid dienone is 5. The van der Waals surface area contributed by atoms with Crippen molar-refractivity contribution < 1.29 is 43.9 Å². The zero-order valence-corrected chi connectivity index (χ0v) is 35.0. The third-order valence-electron chi connectivity index (χ3n) is 16.3. The van der Waals surface area contributed by atoms with E-state index in [1.54, 1.807) is 52.8 Å². The lowest BCUT2D eigenvalue weighted by molar-refractivity contribution is -0.264. The minimum atomic E-state index is -1.31. The van der Waals surface area contributed by atoms with Crippen LogP contribution in [0.1, 0.15) is 128 Å². The number of hydrogen-bond donors (Lipinski definition) is 3. The van der Waals surface area contributed by atoms with Crippen LogP contribution in [0.2, 0.25) is 0 Å². The summed E-state index contributed by atoms with van der Waals surface area (Å²) in [5, 5.41) is 36.8. The first-order valence-electron chi connectivity index (χ1n) is 20.2. The van der Waals surface area contributed by atoms with Crippen molar-refractivity contribution in [3.63, 3.8) is 0 Å². The number of aliphatic hydroxyl groups is 3. The van der Waals surface area contributed by atoms with Gasteiger partial charge in [-0.1, -0.05) is 71.4 Å². The molecule has 5 aliphatic carbocycles. The first-order chi connectivity index (χ1) is 25.0. The van der Waals surface area contributed by atoms with E-state index in [-0.39, 0.29) is 47.8 Å². The van der Waals surface area contributed by atoms with E-state index in [9.17, 15) is 29.7 Å². The fraction of sp³-hybridized carbons (Fsp3) is 0.756. The zero-order valence-electron chi connectivity index (χ0n) is 35.0. The molecule has 0 aromatic carbocycles. The summed E-state index contributed by atoms with van der Waals surface area (Å²) in [6, 6.07) is 0. The van der Waals surface area contributed by atoms with Gasteiger partial charge in [-0.25, -0.2) is 14.4 Å².